The van der Waals surface area contributed by atoms with Crippen molar-refractivity contribution >= 4 is 17.1 Å². The number of fused-ring (bicyclic) bond motifs is 1. The summed E-state index contributed by atoms with van der Waals surface area (Å²) in [7, 11) is 2.92. The molecule has 8 heteroatoms. The third-order valence-corrected chi connectivity index (χ3v) is 3.63. The van der Waals surface area contributed by atoms with E-state index < -0.39 is 11.2 Å². The Labute approximate surface area is 124 Å². The van der Waals surface area contributed by atoms with E-state index >= 15 is 0 Å². The first kappa shape index (κ1) is 14.1. The van der Waals surface area contributed by atoms with Crippen molar-refractivity contribution in [3.8, 4) is 0 Å². The number of aromatic nitrogens is 4. The van der Waals surface area contributed by atoms with Crippen molar-refractivity contribution < 1.29 is 4.39 Å². The molecule has 0 aliphatic carbocycles. The molecule has 1 aromatic carbocycles. The first-order valence-electron chi connectivity index (χ1n) is 6.56. The Morgan fingerprint density at radius 1 is 1.14 bits per heavy atom. The van der Waals surface area contributed by atoms with E-state index in [0.29, 0.717) is 0 Å². The summed E-state index contributed by atoms with van der Waals surface area (Å²) in [5.41, 5.74) is 6.18. The van der Waals surface area contributed by atoms with E-state index in [2.05, 4.69) is 4.98 Å². The number of aryl methyl sites for hydroxylation is 1. The highest BCUT2D eigenvalue weighted by Gasteiger charge is 2.17. The minimum absolute atomic E-state index is 0.123. The Kier molecular flexibility index (Phi) is 3.09. The van der Waals surface area contributed by atoms with Gasteiger partial charge in [0.2, 0.25) is 5.95 Å². The molecule has 2 N–H and O–H groups in total. The molecule has 114 valence electrons. The summed E-state index contributed by atoms with van der Waals surface area (Å²) in [6.07, 6.45) is 0. The first-order chi connectivity index (χ1) is 10.4. The summed E-state index contributed by atoms with van der Waals surface area (Å²) in [6, 6.07) is 5.87. The minimum atomic E-state index is -0.469. The average Bonchev–Trinajstić information content (AvgIpc) is 2.82. The van der Waals surface area contributed by atoms with Crippen LogP contribution >= 0.6 is 0 Å². The highest BCUT2D eigenvalue weighted by Crippen LogP contribution is 2.15. The van der Waals surface area contributed by atoms with Crippen molar-refractivity contribution in [1.29, 1.82) is 0 Å². The molecule has 0 aliphatic rings. The van der Waals surface area contributed by atoms with E-state index in [9.17, 15) is 14.0 Å². The van der Waals surface area contributed by atoms with Gasteiger partial charge in [0.15, 0.2) is 11.2 Å². The molecule has 0 aliphatic heterocycles. The molecule has 0 amide bonds. The van der Waals surface area contributed by atoms with E-state index in [-0.39, 0.29) is 29.5 Å². The smallest absolute Gasteiger partial charge is 0.332 e. The molecular weight excluding hydrogens is 289 g/mol. The molecule has 3 rings (SSSR count). The monoisotopic (exact) mass is 303 g/mol. The highest BCUT2D eigenvalue weighted by molar-refractivity contribution is 5.73. The standard InChI is InChI=1S/C14H14FN5O2/c1-18-11-10(12(21)19(2)14(18)22)20(13(16)17-11)7-8-3-5-9(15)6-4-8/h3-6H,7H2,1-2H3,(H2,16,17). The molecule has 0 saturated heterocycles. The van der Waals surface area contributed by atoms with Gasteiger partial charge in [-0.2, -0.15) is 4.98 Å². The van der Waals surface area contributed by atoms with E-state index in [1.54, 1.807) is 12.1 Å². The molecule has 0 bridgehead atoms. The number of hydrogen-bond acceptors (Lipinski definition) is 4. The third-order valence-electron chi connectivity index (χ3n) is 3.63. The van der Waals surface area contributed by atoms with Gasteiger partial charge in [0.05, 0.1) is 6.54 Å². The summed E-state index contributed by atoms with van der Waals surface area (Å²) < 4.78 is 16.8. The quantitative estimate of drug-likeness (QED) is 0.732. The Hall–Kier alpha value is -2.90. The fraction of sp³-hybridized carbons (Fsp3) is 0.214. The highest BCUT2D eigenvalue weighted by atomic mass is 19.1. The topological polar surface area (TPSA) is 87.8 Å². The molecule has 0 spiro atoms. The predicted molar refractivity (Wildman–Crippen MR) is 80.1 cm³/mol. The molecule has 3 aromatic rings. The maximum Gasteiger partial charge on any atom is 0.332 e. The van der Waals surface area contributed by atoms with Crippen LogP contribution in [0.4, 0.5) is 10.3 Å². The number of hydrogen-bond donors (Lipinski definition) is 1. The lowest BCUT2D eigenvalue weighted by Crippen LogP contribution is -2.37. The minimum Gasteiger partial charge on any atom is -0.369 e. The summed E-state index contributed by atoms with van der Waals surface area (Å²) in [4.78, 5) is 28.4. The SMILES string of the molecule is Cn1c(=O)c2c(nc(N)n2Cc2ccc(F)cc2)n(C)c1=O. The van der Waals surface area contributed by atoms with Gasteiger partial charge in [-0.15, -0.1) is 0 Å². The fourth-order valence-electron chi connectivity index (χ4n) is 2.40. The molecular formula is C14H14FN5O2. The van der Waals surface area contributed by atoms with Crippen LogP contribution in [0.2, 0.25) is 0 Å². The summed E-state index contributed by atoms with van der Waals surface area (Å²) in [6.45, 7) is 0.260. The molecule has 22 heavy (non-hydrogen) atoms. The number of rotatable bonds is 2. The molecule has 0 unspecified atom stereocenters. The number of nitrogens with zero attached hydrogens (tertiary/aromatic N) is 4. The molecule has 0 radical (unpaired) electrons. The van der Waals surface area contributed by atoms with Crippen LogP contribution < -0.4 is 17.0 Å². The molecule has 0 fully saturated rings. The number of benzene rings is 1. The van der Waals surface area contributed by atoms with Gasteiger partial charge in [-0.3, -0.25) is 13.9 Å². The average molecular weight is 303 g/mol. The zero-order valence-corrected chi connectivity index (χ0v) is 12.1. The Morgan fingerprint density at radius 2 is 1.77 bits per heavy atom. The van der Waals surface area contributed by atoms with Crippen molar-refractivity contribution in [3.63, 3.8) is 0 Å². The van der Waals surface area contributed by atoms with Crippen LogP contribution in [-0.4, -0.2) is 18.7 Å². The number of imidazole rings is 1. The van der Waals surface area contributed by atoms with Crippen molar-refractivity contribution in [2.75, 3.05) is 5.73 Å². The molecule has 0 saturated carbocycles. The van der Waals surface area contributed by atoms with Crippen molar-refractivity contribution in [2.24, 2.45) is 14.1 Å². The van der Waals surface area contributed by atoms with Gasteiger partial charge in [-0.1, -0.05) is 12.1 Å². The van der Waals surface area contributed by atoms with Crippen LogP contribution in [0.1, 0.15) is 5.56 Å². The number of nitrogens with two attached hydrogens (primary N) is 1. The molecule has 2 aromatic heterocycles. The molecule has 2 heterocycles. The van der Waals surface area contributed by atoms with Crippen LogP contribution in [0, 0.1) is 5.82 Å². The lowest BCUT2D eigenvalue weighted by Gasteiger charge is -2.08. The van der Waals surface area contributed by atoms with Gasteiger partial charge in [-0.25, -0.2) is 9.18 Å². The summed E-state index contributed by atoms with van der Waals surface area (Å²) >= 11 is 0. The first-order valence-corrected chi connectivity index (χ1v) is 6.56. The maximum atomic E-state index is 13.0. The van der Waals surface area contributed by atoms with E-state index in [0.717, 1.165) is 10.1 Å². The summed E-state index contributed by atoms with van der Waals surface area (Å²) in [5, 5.41) is 0. The second-order valence-electron chi connectivity index (χ2n) is 5.06. The number of halogens is 1. The van der Waals surface area contributed by atoms with Crippen LogP contribution in [0.3, 0.4) is 0 Å². The van der Waals surface area contributed by atoms with Crippen LogP contribution in [0.25, 0.3) is 11.2 Å². The lowest BCUT2D eigenvalue weighted by molar-refractivity contribution is 0.626. The van der Waals surface area contributed by atoms with E-state index in [1.165, 1.54) is 35.4 Å². The molecule has 0 atom stereocenters. The Bertz CT molecular complexity index is 982. The van der Waals surface area contributed by atoms with Crippen molar-refractivity contribution in [1.82, 2.24) is 18.7 Å². The van der Waals surface area contributed by atoms with E-state index in [4.69, 9.17) is 5.73 Å². The Balaban J connectivity index is 2.26. The fourth-order valence-corrected chi connectivity index (χ4v) is 2.40. The zero-order valence-electron chi connectivity index (χ0n) is 12.1. The second kappa shape index (κ2) is 4.83. The van der Waals surface area contributed by atoms with Gasteiger partial charge < -0.3 is 10.3 Å². The van der Waals surface area contributed by atoms with Crippen LogP contribution in [-0.2, 0) is 20.6 Å². The third kappa shape index (κ3) is 2.00. The van der Waals surface area contributed by atoms with Gasteiger partial charge in [0.25, 0.3) is 5.56 Å². The number of anilines is 1. The lowest BCUT2D eigenvalue weighted by atomic mass is 10.2. The van der Waals surface area contributed by atoms with Crippen LogP contribution in [0.5, 0.6) is 0 Å². The second-order valence-corrected chi connectivity index (χ2v) is 5.06. The van der Waals surface area contributed by atoms with Crippen molar-refractivity contribution in [2.45, 2.75) is 6.54 Å². The van der Waals surface area contributed by atoms with Crippen LogP contribution in [0.15, 0.2) is 33.9 Å². The van der Waals surface area contributed by atoms with Crippen molar-refractivity contribution in [3.05, 3.63) is 56.5 Å². The van der Waals surface area contributed by atoms with Gasteiger partial charge >= 0.3 is 5.69 Å². The largest absolute Gasteiger partial charge is 0.369 e. The van der Waals surface area contributed by atoms with Gasteiger partial charge in [0.1, 0.15) is 5.82 Å². The van der Waals surface area contributed by atoms with Gasteiger partial charge in [-0.05, 0) is 17.7 Å². The zero-order chi connectivity index (χ0) is 16.0. The number of nitrogen functional groups attached to an aromatic ring is 1. The van der Waals surface area contributed by atoms with Gasteiger partial charge in [0, 0.05) is 14.1 Å². The Morgan fingerprint density at radius 3 is 2.41 bits per heavy atom. The summed E-state index contributed by atoms with van der Waals surface area (Å²) in [5.74, 6) is -0.219. The van der Waals surface area contributed by atoms with E-state index in [1.807, 2.05) is 0 Å². The normalized spacial score (nSPS) is 11.2. The predicted octanol–water partition coefficient (Wildman–Crippen LogP) is 0.203. The maximum absolute atomic E-state index is 13.0. The molecule has 7 nitrogen and oxygen atoms in total.